The Kier molecular flexibility index (Phi) is 4.00. The molecule has 3 rings (SSSR count). The molecule has 0 fully saturated rings. The van der Waals surface area contributed by atoms with E-state index in [1.165, 1.54) is 5.01 Å². The van der Waals surface area contributed by atoms with Crippen LogP contribution in [-0.4, -0.2) is 20.0 Å². The molecule has 4 heteroatoms. The minimum Gasteiger partial charge on any atom is -0.377 e. The van der Waals surface area contributed by atoms with E-state index in [0.29, 0.717) is 11.3 Å². The highest BCUT2D eigenvalue weighted by Crippen LogP contribution is 2.29. The molecule has 0 aliphatic heterocycles. The molecule has 0 saturated carbocycles. The van der Waals surface area contributed by atoms with Crippen LogP contribution in [0, 0.1) is 0 Å². The van der Waals surface area contributed by atoms with Crippen molar-refractivity contribution in [1.82, 2.24) is 0 Å². The van der Waals surface area contributed by atoms with E-state index in [0.717, 1.165) is 16.5 Å². The lowest BCUT2D eigenvalue weighted by molar-refractivity contribution is 0.0988. The van der Waals surface area contributed by atoms with Gasteiger partial charge in [-0.2, -0.15) is 0 Å². The van der Waals surface area contributed by atoms with Gasteiger partial charge >= 0.3 is 0 Å². The van der Waals surface area contributed by atoms with Gasteiger partial charge in [-0.25, -0.2) is 10.9 Å². The van der Waals surface area contributed by atoms with Gasteiger partial charge in [0, 0.05) is 30.7 Å². The van der Waals surface area contributed by atoms with E-state index in [1.54, 1.807) is 0 Å². The summed E-state index contributed by atoms with van der Waals surface area (Å²) in [4.78, 5) is 14.9. The van der Waals surface area contributed by atoms with Crippen molar-refractivity contribution in [3.05, 3.63) is 72.3 Å². The van der Waals surface area contributed by atoms with Gasteiger partial charge in [-0.1, -0.05) is 42.5 Å². The summed E-state index contributed by atoms with van der Waals surface area (Å²) in [6, 6.07) is 20.9. The number of amides is 1. The molecule has 2 N–H and O–H groups in total. The first-order valence-electron chi connectivity index (χ1n) is 7.43. The number of carbonyl (C=O) groups is 1. The number of para-hydroxylation sites is 1. The number of hydrazine groups is 1. The van der Waals surface area contributed by atoms with Crippen LogP contribution in [0.4, 0.5) is 11.4 Å². The van der Waals surface area contributed by atoms with Gasteiger partial charge < -0.3 is 4.90 Å². The number of anilines is 2. The zero-order valence-corrected chi connectivity index (χ0v) is 13.2. The smallest absolute Gasteiger partial charge is 0.273 e. The minimum absolute atomic E-state index is 0.224. The normalized spacial score (nSPS) is 10.6. The predicted molar refractivity (Wildman–Crippen MR) is 95.7 cm³/mol. The molecule has 0 unspecified atom stereocenters. The lowest BCUT2D eigenvalue weighted by Gasteiger charge is -2.20. The molecule has 0 saturated heterocycles. The second-order valence-corrected chi connectivity index (χ2v) is 5.58. The predicted octanol–water partition coefficient (Wildman–Crippen LogP) is 3.43. The van der Waals surface area contributed by atoms with Crippen LogP contribution >= 0.6 is 0 Å². The third-order valence-corrected chi connectivity index (χ3v) is 3.87. The quantitative estimate of drug-likeness (QED) is 0.458. The van der Waals surface area contributed by atoms with Crippen molar-refractivity contribution < 1.29 is 4.79 Å². The van der Waals surface area contributed by atoms with Gasteiger partial charge in [0.2, 0.25) is 0 Å². The number of benzene rings is 3. The Hall–Kier alpha value is -2.85. The Labute approximate surface area is 135 Å². The van der Waals surface area contributed by atoms with Gasteiger partial charge in [-0.3, -0.25) is 4.79 Å². The molecule has 3 aromatic rings. The Morgan fingerprint density at radius 2 is 1.43 bits per heavy atom. The maximum absolute atomic E-state index is 12.8. The molecule has 116 valence electrons. The monoisotopic (exact) mass is 305 g/mol. The number of rotatable bonds is 3. The molecule has 0 atom stereocenters. The summed E-state index contributed by atoms with van der Waals surface area (Å²) in [6.07, 6.45) is 0. The second kappa shape index (κ2) is 6.10. The molecule has 0 aliphatic carbocycles. The van der Waals surface area contributed by atoms with Crippen LogP contribution in [0.2, 0.25) is 0 Å². The molecular formula is C19H19N3O. The third-order valence-electron chi connectivity index (χ3n) is 3.87. The Bertz CT molecular complexity index is 844. The van der Waals surface area contributed by atoms with Crippen LogP contribution in [0.1, 0.15) is 10.4 Å². The number of carbonyl (C=O) groups excluding carboxylic acids is 1. The molecule has 0 radical (unpaired) electrons. The van der Waals surface area contributed by atoms with E-state index in [-0.39, 0.29) is 5.91 Å². The second-order valence-electron chi connectivity index (χ2n) is 5.58. The first-order chi connectivity index (χ1) is 11.1. The maximum atomic E-state index is 12.8. The van der Waals surface area contributed by atoms with Crippen LogP contribution in [0.15, 0.2) is 66.7 Å². The van der Waals surface area contributed by atoms with Crippen LogP contribution in [-0.2, 0) is 0 Å². The summed E-state index contributed by atoms with van der Waals surface area (Å²) in [5, 5.41) is 3.12. The highest BCUT2D eigenvalue weighted by molar-refractivity contribution is 6.15. The van der Waals surface area contributed by atoms with Crippen molar-refractivity contribution >= 4 is 28.1 Å². The summed E-state index contributed by atoms with van der Waals surface area (Å²) in [5.41, 5.74) is 2.33. The zero-order valence-electron chi connectivity index (χ0n) is 13.2. The number of hydrogen-bond donors (Lipinski definition) is 1. The largest absolute Gasteiger partial charge is 0.377 e. The van der Waals surface area contributed by atoms with Crippen molar-refractivity contribution in [2.45, 2.75) is 0 Å². The van der Waals surface area contributed by atoms with Gasteiger partial charge in [0.15, 0.2) is 0 Å². The fourth-order valence-electron chi connectivity index (χ4n) is 2.70. The zero-order chi connectivity index (χ0) is 16.4. The highest BCUT2D eigenvalue weighted by atomic mass is 16.2. The highest BCUT2D eigenvalue weighted by Gasteiger charge is 2.18. The molecule has 1 amide bonds. The lowest BCUT2D eigenvalue weighted by Crippen LogP contribution is -2.37. The Balaban J connectivity index is 2.10. The van der Waals surface area contributed by atoms with Gasteiger partial charge in [0.1, 0.15) is 0 Å². The third kappa shape index (κ3) is 2.76. The van der Waals surface area contributed by atoms with Crippen molar-refractivity contribution in [2.24, 2.45) is 5.84 Å². The summed E-state index contributed by atoms with van der Waals surface area (Å²) >= 11 is 0. The fourth-order valence-corrected chi connectivity index (χ4v) is 2.70. The molecule has 0 spiro atoms. The van der Waals surface area contributed by atoms with E-state index >= 15 is 0 Å². The van der Waals surface area contributed by atoms with Gasteiger partial charge in [0.05, 0.1) is 5.69 Å². The number of fused-ring (bicyclic) bond motifs is 1. The van der Waals surface area contributed by atoms with Crippen LogP contribution in [0.5, 0.6) is 0 Å². The minimum atomic E-state index is -0.224. The molecule has 23 heavy (non-hydrogen) atoms. The molecule has 0 bridgehead atoms. The molecule has 3 aromatic carbocycles. The summed E-state index contributed by atoms with van der Waals surface area (Å²) in [5.74, 6) is 5.81. The van der Waals surface area contributed by atoms with Crippen LogP contribution in [0.25, 0.3) is 10.8 Å². The van der Waals surface area contributed by atoms with Gasteiger partial charge in [-0.15, -0.1) is 0 Å². The molecule has 4 nitrogen and oxygen atoms in total. The van der Waals surface area contributed by atoms with E-state index in [1.807, 2.05) is 85.7 Å². The Morgan fingerprint density at radius 3 is 2.09 bits per heavy atom. The summed E-state index contributed by atoms with van der Waals surface area (Å²) in [6.45, 7) is 0. The number of hydrogen-bond acceptors (Lipinski definition) is 3. The van der Waals surface area contributed by atoms with Gasteiger partial charge in [-0.05, 0) is 29.7 Å². The van der Waals surface area contributed by atoms with E-state index in [2.05, 4.69) is 0 Å². The lowest BCUT2D eigenvalue weighted by atomic mass is 10.0. The van der Waals surface area contributed by atoms with Crippen molar-refractivity contribution in [3.8, 4) is 0 Å². The molecular weight excluding hydrogens is 286 g/mol. The average molecular weight is 305 g/mol. The fraction of sp³-hybridized carbons (Fsp3) is 0.105. The van der Waals surface area contributed by atoms with Crippen molar-refractivity contribution in [2.75, 3.05) is 24.0 Å². The van der Waals surface area contributed by atoms with Crippen LogP contribution < -0.4 is 15.8 Å². The van der Waals surface area contributed by atoms with Crippen molar-refractivity contribution in [1.29, 1.82) is 0 Å². The number of nitrogens with zero attached hydrogens (tertiary/aromatic N) is 2. The molecule has 0 heterocycles. The van der Waals surface area contributed by atoms with Gasteiger partial charge in [0.25, 0.3) is 5.91 Å². The summed E-state index contributed by atoms with van der Waals surface area (Å²) < 4.78 is 0. The average Bonchev–Trinajstić information content (AvgIpc) is 2.60. The Morgan fingerprint density at radius 1 is 0.826 bits per heavy atom. The first kappa shape index (κ1) is 15.1. The standard InChI is InChI=1S/C19H19N3O/c1-21(2)18-13-12-17(15-10-6-7-11-16(15)18)19(23)22(20)14-8-4-3-5-9-14/h3-13H,20H2,1-2H3. The molecule has 0 aliphatic rings. The first-order valence-corrected chi connectivity index (χ1v) is 7.43. The SMILES string of the molecule is CN(C)c1ccc(C(=O)N(N)c2ccccc2)c2ccccc12. The van der Waals surface area contributed by atoms with E-state index in [4.69, 9.17) is 5.84 Å². The van der Waals surface area contributed by atoms with E-state index < -0.39 is 0 Å². The maximum Gasteiger partial charge on any atom is 0.273 e. The molecule has 0 aromatic heterocycles. The number of nitrogens with two attached hydrogens (primary N) is 1. The topological polar surface area (TPSA) is 49.6 Å². The van der Waals surface area contributed by atoms with Crippen molar-refractivity contribution in [3.63, 3.8) is 0 Å². The van der Waals surface area contributed by atoms with E-state index in [9.17, 15) is 4.79 Å². The van der Waals surface area contributed by atoms with Crippen LogP contribution in [0.3, 0.4) is 0 Å². The summed E-state index contributed by atoms with van der Waals surface area (Å²) in [7, 11) is 3.98.